The highest BCUT2D eigenvalue weighted by molar-refractivity contribution is 5.53. The lowest BCUT2D eigenvalue weighted by Crippen LogP contribution is -2.34. The second kappa shape index (κ2) is 6.58. The van der Waals surface area contributed by atoms with Crippen LogP contribution in [0.1, 0.15) is 38.4 Å². The summed E-state index contributed by atoms with van der Waals surface area (Å²) in [7, 11) is 0. The molecule has 1 fully saturated rings. The summed E-state index contributed by atoms with van der Waals surface area (Å²) in [6.45, 7) is 5.77. The molecule has 0 aliphatic carbocycles. The van der Waals surface area contributed by atoms with Crippen molar-refractivity contribution < 1.29 is 4.79 Å². The molecule has 6 nitrogen and oxygen atoms in total. The standard InChI is InChI=1S/C12H21N5O/c1-2-3-6-17-12(13-14-15-17)9-16-7-4-11(10-18)5-8-16/h10-11H,2-9H2,1H3. The first-order chi connectivity index (χ1) is 8.83. The largest absolute Gasteiger partial charge is 0.303 e. The third-order valence-corrected chi connectivity index (χ3v) is 3.52. The van der Waals surface area contributed by atoms with Crippen LogP contribution in [-0.2, 0) is 17.9 Å². The Kier molecular flexibility index (Phi) is 4.81. The van der Waals surface area contributed by atoms with Gasteiger partial charge >= 0.3 is 0 Å². The SMILES string of the molecule is CCCCn1nnnc1CN1CCC(C=O)CC1. The Morgan fingerprint density at radius 1 is 1.39 bits per heavy atom. The van der Waals surface area contributed by atoms with Gasteiger partial charge in [-0.3, -0.25) is 4.90 Å². The lowest BCUT2D eigenvalue weighted by molar-refractivity contribution is -0.112. The van der Waals surface area contributed by atoms with E-state index < -0.39 is 0 Å². The van der Waals surface area contributed by atoms with E-state index >= 15 is 0 Å². The first-order valence-corrected chi connectivity index (χ1v) is 6.76. The minimum Gasteiger partial charge on any atom is -0.303 e. The number of aldehydes is 1. The van der Waals surface area contributed by atoms with Crippen LogP contribution in [0, 0.1) is 5.92 Å². The zero-order chi connectivity index (χ0) is 12.8. The van der Waals surface area contributed by atoms with Gasteiger partial charge < -0.3 is 4.79 Å². The predicted molar refractivity (Wildman–Crippen MR) is 66.8 cm³/mol. The number of likely N-dealkylation sites (tertiary alicyclic amines) is 1. The molecule has 0 aromatic carbocycles. The second-order valence-electron chi connectivity index (χ2n) is 4.92. The van der Waals surface area contributed by atoms with Gasteiger partial charge in [-0.25, -0.2) is 4.68 Å². The van der Waals surface area contributed by atoms with Crippen molar-refractivity contribution in [3.8, 4) is 0 Å². The number of unbranched alkanes of at least 4 members (excludes halogenated alkanes) is 1. The molecule has 1 aliphatic heterocycles. The predicted octanol–water partition coefficient (Wildman–Crippen LogP) is 0.884. The Labute approximate surface area is 107 Å². The summed E-state index contributed by atoms with van der Waals surface area (Å²) in [5.74, 6) is 1.19. The van der Waals surface area contributed by atoms with Gasteiger partial charge in [0.1, 0.15) is 6.29 Å². The molecule has 2 rings (SSSR count). The monoisotopic (exact) mass is 251 g/mol. The Morgan fingerprint density at radius 3 is 2.83 bits per heavy atom. The molecule has 1 aromatic rings. The fourth-order valence-electron chi connectivity index (χ4n) is 2.27. The van der Waals surface area contributed by atoms with Crippen LogP contribution in [0.3, 0.4) is 0 Å². The summed E-state index contributed by atoms with van der Waals surface area (Å²) in [5, 5.41) is 11.9. The van der Waals surface area contributed by atoms with E-state index in [0.29, 0.717) is 0 Å². The molecule has 0 amide bonds. The summed E-state index contributed by atoms with van der Waals surface area (Å²) in [5.41, 5.74) is 0. The zero-order valence-electron chi connectivity index (χ0n) is 11.0. The van der Waals surface area contributed by atoms with Crippen molar-refractivity contribution in [2.45, 2.75) is 45.7 Å². The molecule has 0 saturated carbocycles. The molecule has 100 valence electrons. The van der Waals surface area contributed by atoms with Gasteiger partial charge in [0.2, 0.25) is 0 Å². The van der Waals surface area contributed by atoms with Crippen molar-refractivity contribution in [2.24, 2.45) is 5.92 Å². The maximum atomic E-state index is 10.7. The summed E-state index contributed by atoms with van der Waals surface area (Å²) in [6.07, 6.45) is 5.25. The van der Waals surface area contributed by atoms with Crippen LogP contribution < -0.4 is 0 Å². The summed E-state index contributed by atoms with van der Waals surface area (Å²) in [4.78, 5) is 13.0. The third-order valence-electron chi connectivity index (χ3n) is 3.52. The lowest BCUT2D eigenvalue weighted by Gasteiger charge is -2.28. The van der Waals surface area contributed by atoms with Gasteiger partial charge in [-0.2, -0.15) is 0 Å². The Morgan fingerprint density at radius 2 is 2.17 bits per heavy atom. The number of carbonyl (C=O) groups excluding carboxylic acids is 1. The highest BCUT2D eigenvalue weighted by Gasteiger charge is 2.20. The van der Waals surface area contributed by atoms with Crippen LogP contribution in [0.15, 0.2) is 0 Å². The number of aromatic nitrogens is 4. The molecule has 1 saturated heterocycles. The number of nitrogens with zero attached hydrogens (tertiary/aromatic N) is 5. The van der Waals surface area contributed by atoms with Crippen molar-refractivity contribution >= 4 is 6.29 Å². The second-order valence-corrected chi connectivity index (χ2v) is 4.92. The molecule has 1 aliphatic rings. The maximum Gasteiger partial charge on any atom is 0.165 e. The minimum atomic E-state index is 0.248. The first-order valence-electron chi connectivity index (χ1n) is 6.76. The molecule has 0 N–H and O–H groups in total. The lowest BCUT2D eigenvalue weighted by atomic mass is 9.99. The third kappa shape index (κ3) is 3.35. The topological polar surface area (TPSA) is 63.9 Å². The number of rotatable bonds is 6. The normalized spacial score (nSPS) is 18.1. The van der Waals surface area contributed by atoms with E-state index in [4.69, 9.17) is 0 Å². The van der Waals surface area contributed by atoms with Crippen LogP contribution in [0.5, 0.6) is 0 Å². The average molecular weight is 251 g/mol. The minimum absolute atomic E-state index is 0.248. The molecular formula is C12H21N5O. The Hall–Kier alpha value is -1.30. The molecule has 6 heteroatoms. The molecule has 0 spiro atoms. The van der Waals surface area contributed by atoms with Crippen LogP contribution >= 0.6 is 0 Å². The quantitative estimate of drug-likeness (QED) is 0.702. The number of piperidine rings is 1. The zero-order valence-corrected chi connectivity index (χ0v) is 11.0. The van der Waals surface area contributed by atoms with Crippen molar-refractivity contribution in [2.75, 3.05) is 13.1 Å². The van der Waals surface area contributed by atoms with Crippen LogP contribution in [0.25, 0.3) is 0 Å². The number of hydrogen-bond acceptors (Lipinski definition) is 5. The van der Waals surface area contributed by atoms with Crippen molar-refractivity contribution in [3.63, 3.8) is 0 Å². The molecule has 0 atom stereocenters. The van der Waals surface area contributed by atoms with Crippen molar-refractivity contribution in [1.82, 2.24) is 25.1 Å². The summed E-state index contributed by atoms with van der Waals surface area (Å²) < 4.78 is 1.90. The van der Waals surface area contributed by atoms with Gasteiger partial charge in [-0.15, -0.1) is 5.10 Å². The van der Waals surface area contributed by atoms with Crippen molar-refractivity contribution in [3.05, 3.63) is 5.82 Å². The van der Waals surface area contributed by atoms with E-state index in [-0.39, 0.29) is 5.92 Å². The van der Waals surface area contributed by atoms with Crippen LogP contribution in [-0.4, -0.2) is 44.5 Å². The van der Waals surface area contributed by atoms with Gasteiger partial charge in [-0.1, -0.05) is 13.3 Å². The summed E-state index contributed by atoms with van der Waals surface area (Å²) >= 11 is 0. The number of hydrogen-bond donors (Lipinski definition) is 0. The van der Waals surface area contributed by atoms with E-state index in [1.54, 1.807) is 0 Å². The number of carbonyl (C=O) groups is 1. The smallest absolute Gasteiger partial charge is 0.165 e. The molecule has 1 aromatic heterocycles. The van der Waals surface area contributed by atoms with E-state index in [2.05, 4.69) is 27.3 Å². The van der Waals surface area contributed by atoms with Crippen LogP contribution in [0.4, 0.5) is 0 Å². The highest BCUT2D eigenvalue weighted by Crippen LogP contribution is 2.16. The molecule has 2 heterocycles. The average Bonchev–Trinajstić information content (AvgIpc) is 2.84. The van der Waals surface area contributed by atoms with Gasteiger partial charge in [0.05, 0.1) is 6.54 Å². The summed E-state index contributed by atoms with van der Waals surface area (Å²) in [6, 6.07) is 0. The molecule has 0 radical (unpaired) electrons. The highest BCUT2D eigenvalue weighted by atomic mass is 16.1. The molecule has 0 bridgehead atoms. The fourth-order valence-corrected chi connectivity index (χ4v) is 2.27. The Balaban J connectivity index is 1.86. The van der Waals surface area contributed by atoms with E-state index in [9.17, 15) is 4.79 Å². The number of tetrazole rings is 1. The van der Waals surface area contributed by atoms with Gasteiger partial charge in [0.25, 0.3) is 0 Å². The van der Waals surface area contributed by atoms with E-state index in [0.717, 1.165) is 64.0 Å². The van der Waals surface area contributed by atoms with Crippen LogP contribution in [0.2, 0.25) is 0 Å². The van der Waals surface area contributed by atoms with Gasteiger partial charge in [-0.05, 0) is 42.8 Å². The first kappa shape index (κ1) is 13.1. The molecular weight excluding hydrogens is 230 g/mol. The van der Waals surface area contributed by atoms with Gasteiger partial charge in [0.15, 0.2) is 5.82 Å². The maximum absolute atomic E-state index is 10.7. The molecule has 18 heavy (non-hydrogen) atoms. The van der Waals surface area contributed by atoms with E-state index in [1.807, 2.05) is 4.68 Å². The molecule has 0 unspecified atom stereocenters. The van der Waals surface area contributed by atoms with Gasteiger partial charge in [0, 0.05) is 12.5 Å². The fraction of sp³-hybridized carbons (Fsp3) is 0.833. The Bertz CT molecular complexity index is 370. The number of aryl methyl sites for hydroxylation is 1. The van der Waals surface area contributed by atoms with Crippen molar-refractivity contribution in [1.29, 1.82) is 0 Å². The van der Waals surface area contributed by atoms with E-state index in [1.165, 1.54) is 0 Å².